The van der Waals surface area contributed by atoms with Crippen molar-refractivity contribution < 1.29 is 9.26 Å². The largest absolute Gasteiger partial charge is 0.497 e. The van der Waals surface area contributed by atoms with Gasteiger partial charge in [-0.05, 0) is 25.1 Å². The van der Waals surface area contributed by atoms with Crippen LogP contribution in [0.4, 0.5) is 0 Å². The number of hydrogen-bond donors (Lipinski definition) is 0. The molecule has 0 atom stereocenters. The minimum absolute atomic E-state index is 0.503. The van der Waals surface area contributed by atoms with Gasteiger partial charge in [0.25, 0.3) is 0 Å². The average molecular weight is 319 g/mol. The number of aromatic nitrogens is 2. The number of halogens is 1. The lowest BCUT2D eigenvalue weighted by Crippen LogP contribution is -1.88. The quantitative estimate of drug-likeness (QED) is 0.645. The normalized spacial score (nSPS) is 10.2. The molecule has 0 bridgehead atoms. The van der Waals surface area contributed by atoms with Crippen LogP contribution in [0.5, 0.6) is 5.75 Å². The monoisotopic (exact) mass is 318 g/mol. The van der Waals surface area contributed by atoms with E-state index < -0.39 is 0 Å². The molecule has 0 radical (unpaired) electrons. The highest BCUT2D eigenvalue weighted by molar-refractivity contribution is 6.35. The first-order chi connectivity index (χ1) is 10.6. The number of methoxy groups -OCH3 is 1. The standard InChI is InChI=1S/C14H11ClN2O2.C3H8/c1-8-13-14(19-17-8)11(15)7-12(16-13)9-4-3-5-10(6-9)18-2;1-3-2/h3-7H,1-2H3;3H2,1-2H3. The Morgan fingerprint density at radius 1 is 1.23 bits per heavy atom. The zero-order chi connectivity index (χ0) is 16.1. The second-order valence-electron chi connectivity index (χ2n) is 4.87. The third-order valence-electron chi connectivity index (χ3n) is 2.91. The van der Waals surface area contributed by atoms with Gasteiger partial charge >= 0.3 is 0 Å². The minimum atomic E-state index is 0.503. The molecule has 0 fully saturated rings. The SMILES string of the molecule is CCC.COc1cccc(-c2cc(Cl)c3onc(C)c3n2)c1. The van der Waals surface area contributed by atoms with Gasteiger partial charge in [-0.2, -0.15) is 0 Å². The van der Waals surface area contributed by atoms with E-state index in [-0.39, 0.29) is 0 Å². The van der Waals surface area contributed by atoms with Gasteiger partial charge in [-0.3, -0.25) is 0 Å². The van der Waals surface area contributed by atoms with Crippen molar-refractivity contribution in [3.05, 3.63) is 41.0 Å². The van der Waals surface area contributed by atoms with Crippen LogP contribution in [0.1, 0.15) is 26.0 Å². The molecule has 2 heterocycles. The number of fused-ring (bicyclic) bond motifs is 1. The molecule has 2 aromatic heterocycles. The summed E-state index contributed by atoms with van der Waals surface area (Å²) in [6.07, 6.45) is 1.25. The molecule has 0 spiro atoms. The zero-order valence-electron chi connectivity index (χ0n) is 13.2. The van der Waals surface area contributed by atoms with E-state index >= 15 is 0 Å². The molecular weight excluding hydrogens is 300 g/mol. The Hall–Kier alpha value is -2.07. The minimum Gasteiger partial charge on any atom is -0.497 e. The summed E-state index contributed by atoms with van der Waals surface area (Å²) in [4.78, 5) is 4.54. The molecule has 5 heteroatoms. The van der Waals surface area contributed by atoms with Crippen molar-refractivity contribution >= 4 is 22.7 Å². The molecule has 4 nitrogen and oxygen atoms in total. The Labute approximate surface area is 135 Å². The van der Waals surface area contributed by atoms with Gasteiger partial charge in [-0.15, -0.1) is 0 Å². The maximum atomic E-state index is 6.19. The first kappa shape index (κ1) is 16.3. The number of rotatable bonds is 2. The maximum absolute atomic E-state index is 6.19. The van der Waals surface area contributed by atoms with Gasteiger partial charge in [-0.1, -0.05) is 49.2 Å². The lowest BCUT2D eigenvalue weighted by atomic mass is 10.1. The number of aryl methyl sites for hydroxylation is 1. The molecule has 0 saturated carbocycles. The highest BCUT2D eigenvalue weighted by Crippen LogP contribution is 2.30. The highest BCUT2D eigenvalue weighted by Gasteiger charge is 2.13. The molecule has 0 aliphatic rings. The van der Waals surface area contributed by atoms with Crippen LogP contribution in [0.25, 0.3) is 22.4 Å². The first-order valence-electron chi connectivity index (χ1n) is 7.17. The molecule has 0 saturated heterocycles. The van der Waals surface area contributed by atoms with E-state index in [1.165, 1.54) is 6.42 Å². The van der Waals surface area contributed by atoms with Crippen LogP contribution >= 0.6 is 11.6 Å². The van der Waals surface area contributed by atoms with E-state index in [0.717, 1.165) is 22.7 Å². The summed E-state index contributed by atoms with van der Waals surface area (Å²) in [5.74, 6) is 0.776. The van der Waals surface area contributed by atoms with Crippen LogP contribution in [0, 0.1) is 6.92 Å². The average Bonchev–Trinajstić information content (AvgIpc) is 2.90. The predicted octanol–water partition coefficient (Wildman–Crippen LogP) is 5.28. The van der Waals surface area contributed by atoms with Crippen molar-refractivity contribution in [1.29, 1.82) is 0 Å². The van der Waals surface area contributed by atoms with Crippen LogP contribution in [0.15, 0.2) is 34.9 Å². The second-order valence-corrected chi connectivity index (χ2v) is 5.28. The van der Waals surface area contributed by atoms with E-state index in [9.17, 15) is 0 Å². The van der Waals surface area contributed by atoms with Crippen LogP contribution in [-0.2, 0) is 0 Å². The fourth-order valence-electron chi connectivity index (χ4n) is 1.92. The third kappa shape index (κ3) is 3.39. The van der Waals surface area contributed by atoms with Crippen molar-refractivity contribution in [2.75, 3.05) is 7.11 Å². The fraction of sp³-hybridized carbons (Fsp3) is 0.294. The lowest BCUT2D eigenvalue weighted by molar-refractivity contribution is 0.415. The fourth-order valence-corrected chi connectivity index (χ4v) is 2.15. The molecular formula is C17H19ClN2O2. The Balaban J connectivity index is 0.000000545. The molecule has 0 unspecified atom stereocenters. The van der Waals surface area contributed by atoms with Gasteiger partial charge in [0.2, 0.25) is 5.58 Å². The summed E-state index contributed by atoms with van der Waals surface area (Å²) in [6.45, 7) is 6.09. The van der Waals surface area contributed by atoms with E-state index in [0.29, 0.717) is 16.1 Å². The molecule has 3 aromatic rings. The molecule has 0 aliphatic heterocycles. The summed E-state index contributed by atoms with van der Waals surface area (Å²) in [6, 6.07) is 9.43. The number of benzene rings is 1. The van der Waals surface area contributed by atoms with Crippen LogP contribution in [-0.4, -0.2) is 17.3 Å². The smallest absolute Gasteiger partial charge is 0.204 e. The Morgan fingerprint density at radius 2 is 1.95 bits per heavy atom. The number of nitrogens with zero attached hydrogens (tertiary/aromatic N) is 2. The first-order valence-corrected chi connectivity index (χ1v) is 7.55. The summed E-state index contributed by atoms with van der Waals surface area (Å²) < 4.78 is 10.4. The van der Waals surface area contributed by atoms with Crippen LogP contribution in [0.3, 0.4) is 0 Å². The second kappa shape index (κ2) is 7.27. The molecule has 0 amide bonds. The molecule has 116 valence electrons. The molecule has 0 N–H and O–H groups in total. The van der Waals surface area contributed by atoms with Gasteiger partial charge in [0.05, 0.1) is 17.8 Å². The van der Waals surface area contributed by atoms with Gasteiger partial charge in [0.15, 0.2) is 0 Å². The van der Waals surface area contributed by atoms with Crippen LogP contribution in [0.2, 0.25) is 5.02 Å². The van der Waals surface area contributed by atoms with E-state index in [1.807, 2.05) is 31.2 Å². The van der Waals surface area contributed by atoms with Gasteiger partial charge in [-0.25, -0.2) is 4.98 Å². The van der Waals surface area contributed by atoms with Crippen molar-refractivity contribution in [1.82, 2.24) is 10.1 Å². The summed E-state index contributed by atoms with van der Waals surface area (Å²) >= 11 is 6.19. The summed E-state index contributed by atoms with van der Waals surface area (Å²) in [7, 11) is 1.63. The lowest BCUT2D eigenvalue weighted by Gasteiger charge is -2.04. The topological polar surface area (TPSA) is 48.2 Å². The number of ether oxygens (including phenoxy) is 1. The molecule has 22 heavy (non-hydrogen) atoms. The van der Waals surface area contributed by atoms with Crippen molar-refractivity contribution in [3.63, 3.8) is 0 Å². The Bertz CT molecular complexity index is 768. The van der Waals surface area contributed by atoms with E-state index in [2.05, 4.69) is 24.0 Å². The van der Waals surface area contributed by atoms with E-state index in [1.54, 1.807) is 13.2 Å². The molecule has 0 aliphatic carbocycles. The Kier molecular flexibility index (Phi) is 5.39. The van der Waals surface area contributed by atoms with Crippen molar-refractivity contribution in [3.8, 4) is 17.0 Å². The number of hydrogen-bond acceptors (Lipinski definition) is 4. The van der Waals surface area contributed by atoms with Gasteiger partial charge in [0, 0.05) is 5.56 Å². The zero-order valence-corrected chi connectivity index (χ0v) is 13.9. The summed E-state index contributed by atoms with van der Waals surface area (Å²) in [5.41, 5.74) is 3.63. The van der Waals surface area contributed by atoms with E-state index in [4.69, 9.17) is 20.9 Å². The van der Waals surface area contributed by atoms with Crippen molar-refractivity contribution in [2.24, 2.45) is 0 Å². The van der Waals surface area contributed by atoms with Crippen LogP contribution < -0.4 is 4.74 Å². The van der Waals surface area contributed by atoms with Crippen molar-refractivity contribution in [2.45, 2.75) is 27.2 Å². The van der Waals surface area contributed by atoms with Gasteiger partial charge in [0.1, 0.15) is 17.0 Å². The third-order valence-corrected chi connectivity index (χ3v) is 3.19. The molecule has 1 aromatic carbocycles. The number of pyridine rings is 1. The van der Waals surface area contributed by atoms with Gasteiger partial charge < -0.3 is 9.26 Å². The Morgan fingerprint density at radius 3 is 2.64 bits per heavy atom. The highest BCUT2D eigenvalue weighted by atomic mass is 35.5. The predicted molar refractivity (Wildman–Crippen MR) is 89.5 cm³/mol. The summed E-state index contributed by atoms with van der Waals surface area (Å²) in [5, 5.41) is 4.38. The molecule has 3 rings (SSSR count). The maximum Gasteiger partial charge on any atom is 0.204 e.